The average Bonchev–Trinajstić information content (AvgIpc) is 2.54. The van der Waals surface area contributed by atoms with E-state index in [-0.39, 0.29) is 0 Å². The molecule has 0 nitrogen and oxygen atoms in total. The van der Waals surface area contributed by atoms with E-state index in [2.05, 4.69) is 23.2 Å². The van der Waals surface area contributed by atoms with Crippen LogP contribution in [0.5, 0.6) is 0 Å². The van der Waals surface area contributed by atoms with Crippen LogP contribution >= 0.6 is 23.2 Å². The first-order valence-electron chi connectivity index (χ1n) is 6.65. The molecule has 0 atom stereocenters. The van der Waals surface area contributed by atoms with Gasteiger partial charge in [0.1, 0.15) is 10.1 Å². The lowest BCUT2D eigenvalue weighted by Gasteiger charge is -2.47. The van der Waals surface area contributed by atoms with Gasteiger partial charge in [0.2, 0.25) is 0 Å². The van der Waals surface area contributed by atoms with Crippen molar-refractivity contribution >= 4 is 23.2 Å². The summed E-state index contributed by atoms with van der Waals surface area (Å²) in [6.45, 7) is 0. The van der Waals surface area contributed by atoms with E-state index in [1.54, 1.807) is 0 Å². The predicted molar refractivity (Wildman–Crippen MR) is 65.3 cm³/mol. The first kappa shape index (κ1) is 25.2. The van der Waals surface area contributed by atoms with Gasteiger partial charge in [0, 0.05) is 0 Å². The quantitative estimate of drug-likeness (QED) is 0.325. The summed E-state index contributed by atoms with van der Waals surface area (Å²) in [7, 11) is 0. The molecule has 0 bridgehead atoms. The first-order valence-corrected chi connectivity index (χ1v) is 7.41. The lowest BCUT2D eigenvalue weighted by molar-refractivity contribution is -0.366. The number of alkyl halides is 16. The molecule has 2 aliphatic carbocycles. The van der Waals surface area contributed by atoms with E-state index in [9.17, 15) is 70.2 Å². The summed E-state index contributed by atoms with van der Waals surface area (Å²) < 4.78 is 217. The number of halogens is 18. The number of allylic oxidation sites excluding steroid dienone is 4. The van der Waals surface area contributed by atoms with Crippen LogP contribution in [0.3, 0.4) is 0 Å². The summed E-state index contributed by atoms with van der Waals surface area (Å²) in [5.41, 5.74) is -8.15. The molecule has 18 heteroatoms. The van der Waals surface area contributed by atoms with Crippen LogP contribution in [-0.2, 0) is 0 Å². The minimum atomic E-state index is -7.41. The summed E-state index contributed by atoms with van der Waals surface area (Å²) >= 11 is 8.77. The van der Waals surface area contributed by atoms with Crippen molar-refractivity contribution in [2.45, 2.75) is 47.4 Å². The zero-order chi connectivity index (χ0) is 24.3. The van der Waals surface area contributed by atoms with E-state index < -0.39 is 68.6 Å². The van der Waals surface area contributed by atoms with Gasteiger partial charge in [-0.3, -0.25) is 0 Å². The number of rotatable bonds is 1. The van der Waals surface area contributed by atoms with Crippen molar-refractivity contribution in [1.82, 2.24) is 0 Å². The van der Waals surface area contributed by atoms with Gasteiger partial charge in [-0.05, 0) is 0 Å². The van der Waals surface area contributed by atoms with Crippen LogP contribution in [-0.4, -0.2) is 47.4 Å². The molecule has 0 N–H and O–H groups in total. The second-order valence-electron chi connectivity index (χ2n) is 5.97. The van der Waals surface area contributed by atoms with E-state index in [1.165, 1.54) is 0 Å². The van der Waals surface area contributed by atoms with Crippen LogP contribution in [0.2, 0.25) is 0 Å². The molecule has 0 saturated carbocycles. The highest BCUT2D eigenvalue weighted by Crippen LogP contribution is 2.69. The Hall–Kier alpha value is -1.06. The molecule has 0 heterocycles. The zero-order valence-corrected chi connectivity index (χ0v) is 14.3. The average molecular weight is 519 g/mol. The summed E-state index contributed by atoms with van der Waals surface area (Å²) in [5.74, 6) is -56.8. The summed E-state index contributed by atoms with van der Waals surface area (Å²) in [4.78, 5) is 0. The normalized spacial score (nSPS) is 32.2. The van der Waals surface area contributed by atoms with Gasteiger partial charge in [0.25, 0.3) is 0 Å². The standard InChI is InChI=1S/C12Cl2F16/c13-3-1(5(15,16)9(23,24)11(27,28)7(3,19)20)2-4(14)8(21,22)12(29,30)10(25,26)6(2,17)18. The second-order valence-corrected chi connectivity index (χ2v) is 6.73. The fourth-order valence-corrected chi connectivity index (χ4v) is 3.17. The van der Waals surface area contributed by atoms with Crippen LogP contribution in [0.1, 0.15) is 0 Å². The van der Waals surface area contributed by atoms with Crippen molar-refractivity contribution in [2.75, 3.05) is 0 Å². The van der Waals surface area contributed by atoms with Crippen molar-refractivity contribution in [3.05, 3.63) is 21.2 Å². The highest BCUT2D eigenvalue weighted by molar-refractivity contribution is 6.33. The maximum atomic E-state index is 13.9. The molecule has 0 aromatic heterocycles. The molecule has 0 aromatic carbocycles. The molecular formula is C12Cl2F16. The van der Waals surface area contributed by atoms with Crippen molar-refractivity contribution in [2.24, 2.45) is 0 Å². The molecule has 2 aliphatic rings. The molecule has 0 saturated heterocycles. The van der Waals surface area contributed by atoms with Gasteiger partial charge in [0.05, 0.1) is 11.1 Å². The van der Waals surface area contributed by atoms with Crippen molar-refractivity contribution < 1.29 is 70.2 Å². The van der Waals surface area contributed by atoms with Gasteiger partial charge in [-0.25, -0.2) is 0 Å². The molecule has 0 spiro atoms. The third-order valence-electron chi connectivity index (χ3n) is 4.23. The lowest BCUT2D eigenvalue weighted by atomic mass is 9.75. The molecule has 0 fully saturated rings. The van der Waals surface area contributed by atoms with Gasteiger partial charge in [-0.2, -0.15) is 70.2 Å². The Labute approximate surface area is 163 Å². The third-order valence-corrected chi connectivity index (χ3v) is 5.09. The second kappa shape index (κ2) is 5.84. The number of hydrogen-bond donors (Lipinski definition) is 0. The van der Waals surface area contributed by atoms with E-state index >= 15 is 0 Å². The smallest absolute Gasteiger partial charge is 0.194 e. The van der Waals surface area contributed by atoms with Gasteiger partial charge in [-0.1, -0.05) is 23.2 Å². The highest BCUT2D eigenvalue weighted by Gasteiger charge is 2.91. The highest BCUT2D eigenvalue weighted by atomic mass is 35.5. The maximum absolute atomic E-state index is 13.9. The van der Waals surface area contributed by atoms with E-state index in [0.717, 1.165) is 0 Å². The van der Waals surface area contributed by atoms with E-state index in [1.807, 2.05) is 0 Å². The molecule has 0 aliphatic heterocycles. The van der Waals surface area contributed by atoms with Gasteiger partial charge < -0.3 is 0 Å². The predicted octanol–water partition coefficient (Wildman–Crippen LogP) is 7.08. The largest absolute Gasteiger partial charge is 0.383 e. The van der Waals surface area contributed by atoms with Crippen LogP contribution in [0, 0.1) is 0 Å². The van der Waals surface area contributed by atoms with Crippen LogP contribution in [0.25, 0.3) is 0 Å². The van der Waals surface area contributed by atoms with Crippen molar-refractivity contribution in [1.29, 1.82) is 0 Å². The number of hydrogen-bond acceptors (Lipinski definition) is 0. The molecule has 0 unspecified atom stereocenters. The minimum absolute atomic E-state index is 3.71. The molecule has 0 amide bonds. The Morgan fingerprint density at radius 1 is 0.333 bits per heavy atom. The Kier molecular flexibility index (Phi) is 4.90. The molecule has 0 aromatic rings. The topological polar surface area (TPSA) is 0 Å². The van der Waals surface area contributed by atoms with Gasteiger partial charge >= 0.3 is 47.4 Å². The molecule has 174 valence electrons. The van der Waals surface area contributed by atoms with E-state index in [4.69, 9.17) is 0 Å². The fourth-order valence-electron chi connectivity index (χ4n) is 2.50. The lowest BCUT2D eigenvalue weighted by Crippen LogP contribution is -2.70. The van der Waals surface area contributed by atoms with Crippen LogP contribution in [0.15, 0.2) is 21.2 Å². The van der Waals surface area contributed by atoms with Crippen molar-refractivity contribution in [3.63, 3.8) is 0 Å². The molecule has 30 heavy (non-hydrogen) atoms. The van der Waals surface area contributed by atoms with Crippen LogP contribution < -0.4 is 0 Å². The zero-order valence-electron chi connectivity index (χ0n) is 12.8. The Morgan fingerprint density at radius 3 is 0.700 bits per heavy atom. The van der Waals surface area contributed by atoms with Gasteiger partial charge in [-0.15, -0.1) is 0 Å². The van der Waals surface area contributed by atoms with Crippen LogP contribution in [0.4, 0.5) is 70.2 Å². The Morgan fingerprint density at radius 2 is 0.500 bits per heavy atom. The fraction of sp³-hybridized carbons (Fsp3) is 0.667. The van der Waals surface area contributed by atoms with Crippen molar-refractivity contribution in [3.8, 4) is 0 Å². The minimum Gasteiger partial charge on any atom is -0.194 e. The van der Waals surface area contributed by atoms with E-state index in [0.29, 0.717) is 0 Å². The molecule has 2 rings (SSSR count). The first-order chi connectivity index (χ1) is 12.8. The molecular weight excluding hydrogens is 519 g/mol. The maximum Gasteiger partial charge on any atom is 0.383 e. The SMILES string of the molecule is FC1(F)C(Cl)=C(C2=C(Cl)C(F)(F)C(F)(F)C(F)(F)C2(F)F)C(F)(F)C(F)(F)C1(F)F. The monoisotopic (exact) mass is 518 g/mol. The molecule has 0 radical (unpaired) electrons. The Bertz CT molecular complexity index is 778. The van der Waals surface area contributed by atoms with Gasteiger partial charge in [0.15, 0.2) is 0 Å². The Balaban J connectivity index is 3.14. The summed E-state index contributed by atoms with van der Waals surface area (Å²) in [6, 6.07) is 0. The summed E-state index contributed by atoms with van der Waals surface area (Å²) in [5, 5.41) is -7.43. The summed E-state index contributed by atoms with van der Waals surface area (Å²) in [6.07, 6.45) is 0. The third kappa shape index (κ3) is 2.29.